The highest BCUT2D eigenvalue weighted by Crippen LogP contribution is 2.30. The fourth-order valence-corrected chi connectivity index (χ4v) is 3.68. The highest BCUT2D eigenvalue weighted by Gasteiger charge is 2.23. The zero-order chi connectivity index (χ0) is 19.8. The van der Waals surface area contributed by atoms with Crippen molar-refractivity contribution < 1.29 is 18.7 Å². The SMILES string of the molecule is COc1ccc2c(C)c(C(=O)Nc3ccc(N4CCCC4=O)c(C)c3)oc2c1. The lowest BCUT2D eigenvalue weighted by molar-refractivity contribution is -0.117. The Balaban J connectivity index is 1.58. The van der Waals surface area contributed by atoms with Crippen molar-refractivity contribution in [3.63, 3.8) is 0 Å². The Bertz CT molecular complexity index is 1080. The molecule has 2 aromatic carbocycles. The topological polar surface area (TPSA) is 71.8 Å². The van der Waals surface area contributed by atoms with E-state index in [0.29, 0.717) is 23.4 Å². The normalized spacial score (nSPS) is 14.0. The first-order chi connectivity index (χ1) is 13.5. The maximum absolute atomic E-state index is 12.8. The van der Waals surface area contributed by atoms with Crippen molar-refractivity contribution in [2.45, 2.75) is 26.7 Å². The molecule has 1 aromatic heterocycles. The summed E-state index contributed by atoms with van der Waals surface area (Å²) < 4.78 is 11.0. The van der Waals surface area contributed by atoms with Crippen LogP contribution in [0.3, 0.4) is 0 Å². The summed E-state index contributed by atoms with van der Waals surface area (Å²) in [5.74, 6) is 0.792. The Labute approximate surface area is 163 Å². The summed E-state index contributed by atoms with van der Waals surface area (Å²) in [6.45, 7) is 4.54. The first-order valence-electron chi connectivity index (χ1n) is 9.27. The van der Waals surface area contributed by atoms with Gasteiger partial charge in [0, 0.05) is 41.4 Å². The third-order valence-electron chi connectivity index (χ3n) is 5.17. The predicted octanol–water partition coefficient (Wildman–Crippen LogP) is 4.44. The summed E-state index contributed by atoms with van der Waals surface area (Å²) in [7, 11) is 1.59. The average Bonchev–Trinajstić information content (AvgIpc) is 3.25. The monoisotopic (exact) mass is 378 g/mol. The largest absolute Gasteiger partial charge is 0.497 e. The van der Waals surface area contributed by atoms with Crippen LogP contribution in [0.25, 0.3) is 11.0 Å². The zero-order valence-electron chi connectivity index (χ0n) is 16.2. The van der Waals surface area contributed by atoms with Crippen LogP contribution in [0.5, 0.6) is 5.75 Å². The van der Waals surface area contributed by atoms with Gasteiger partial charge in [-0.3, -0.25) is 9.59 Å². The van der Waals surface area contributed by atoms with Crippen LogP contribution >= 0.6 is 0 Å². The van der Waals surface area contributed by atoms with Gasteiger partial charge in [-0.25, -0.2) is 0 Å². The van der Waals surface area contributed by atoms with E-state index in [1.165, 1.54) is 0 Å². The van der Waals surface area contributed by atoms with Crippen molar-refractivity contribution in [1.82, 2.24) is 0 Å². The molecule has 1 N–H and O–H groups in total. The lowest BCUT2D eigenvalue weighted by Crippen LogP contribution is -2.24. The van der Waals surface area contributed by atoms with E-state index in [1.54, 1.807) is 18.1 Å². The number of nitrogens with one attached hydrogen (secondary N) is 1. The number of nitrogens with zero attached hydrogens (tertiary/aromatic N) is 1. The number of fused-ring (bicyclic) bond motifs is 1. The van der Waals surface area contributed by atoms with Gasteiger partial charge in [0.15, 0.2) is 5.76 Å². The molecule has 0 unspecified atom stereocenters. The molecule has 1 aliphatic heterocycles. The number of carbonyl (C=O) groups excluding carboxylic acids is 2. The van der Waals surface area contributed by atoms with Crippen LogP contribution in [0.1, 0.15) is 34.5 Å². The van der Waals surface area contributed by atoms with Crippen LogP contribution in [-0.2, 0) is 4.79 Å². The summed E-state index contributed by atoms with van der Waals surface area (Å²) in [5, 5.41) is 3.77. The molecular weight excluding hydrogens is 356 g/mol. The second-order valence-corrected chi connectivity index (χ2v) is 7.02. The maximum Gasteiger partial charge on any atom is 0.291 e. The first-order valence-corrected chi connectivity index (χ1v) is 9.27. The molecule has 28 heavy (non-hydrogen) atoms. The van der Waals surface area contributed by atoms with Gasteiger partial charge in [0.25, 0.3) is 5.91 Å². The number of furan rings is 1. The molecule has 0 spiro atoms. The number of hydrogen-bond donors (Lipinski definition) is 1. The predicted molar refractivity (Wildman–Crippen MR) is 108 cm³/mol. The average molecular weight is 378 g/mol. The van der Waals surface area contributed by atoms with E-state index in [9.17, 15) is 9.59 Å². The van der Waals surface area contributed by atoms with Crippen molar-refractivity contribution in [2.24, 2.45) is 0 Å². The van der Waals surface area contributed by atoms with E-state index >= 15 is 0 Å². The van der Waals surface area contributed by atoms with Crippen molar-refractivity contribution in [3.8, 4) is 5.75 Å². The van der Waals surface area contributed by atoms with Gasteiger partial charge < -0.3 is 19.4 Å². The molecule has 0 bridgehead atoms. The first kappa shape index (κ1) is 18.1. The highest BCUT2D eigenvalue weighted by atomic mass is 16.5. The molecule has 0 saturated carbocycles. The van der Waals surface area contributed by atoms with Crippen LogP contribution in [0.2, 0.25) is 0 Å². The lowest BCUT2D eigenvalue weighted by Gasteiger charge is -2.19. The number of carbonyl (C=O) groups is 2. The molecular formula is C22H22N2O4. The van der Waals surface area contributed by atoms with E-state index in [-0.39, 0.29) is 17.6 Å². The number of anilines is 2. The van der Waals surface area contributed by atoms with Gasteiger partial charge in [0.05, 0.1) is 7.11 Å². The lowest BCUT2D eigenvalue weighted by atomic mass is 10.1. The molecule has 0 aliphatic carbocycles. The summed E-state index contributed by atoms with van der Waals surface area (Å²) in [4.78, 5) is 26.5. The van der Waals surface area contributed by atoms with Gasteiger partial charge in [-0.15, -0.1) is 0 Å². The van der Waals surface area contributed by atoms with Crippen molar-refractivity contribution in [2.75, 3.05) is 23.9 Å². The minimum atomic E-state index is -0.308. The molecule has 6 nitrogen and oxygen atoms in total. The van der Waals surface area contributed by atoms with E-state index in [2.05, 4.69) is 5.32 Å². The molecule has 144 valence electrons. The van der Waals surface area contributed by atoms with Gasteiger partial charge in [0.1, 0.15) is 11.3 Å². The Hall–Kier alpha value is -3.28. The van der Waals surface area contributed by atoms with Gasteiger partial charge in [-0.2, -0.15) is 0 Å². The molecule has 0 radical (unpaired) electrons. The van der Waals surface area contributed by atoms with Crippen molar-refractivity contribution >= 4 is 34.2 Å². The summed E-state index contributed by atoms with van der Waals surface area (Å²) >= 11 is 0. The van der Waals surface area contributed by atoms with Crippen molar-refractivity contribution in [3.05, 3.63) is 53.3 Å². The number of benzene rings is 2. The quantitative estimate of drug-likeness (QED) is 0.729. The van der Waals surface area contributed by atoms with Crippen LogP contribution in [0, 0.1) is 13.8 Å². The standard InChI is InChI=1S/C22H22N2O4/c1-13-11-15(6-9-18(13)24-10-4-5-20(24)25)23-22(26)21-14(2)17-8-7-16(27-3)12-19(17)28-21/h6-9,11-12H,4-5,10H2,1-3H3,(H,23,26). The number of methoxy groups -OCH3 is 1. The Morgan fingerprint density at radius 2 is 2.00 bits per heavy atom. The maximum atomic E-state index is 12.8. The van der Waals surface area contributed by atoms with E-state index in [0.717, 1.165) is 35.2 Å². The second-order valence-electron chi connectivity index (χ2n) is 7.02. The molecule has 1 saturated heterocycles. The number of hydrogen-bond acceptors (Lipinski definition) is 4. The zero-order valence-corrected chi connectivity index (χ0v) is 16.2. The molecule has 4 rings (SSSR count). The smallest absolute Gasteiger partial charge is 0.291 e. The van der Waals surface area contributed by atoms with Crippen LogP contribution in [0.15, 0.2) is 40.8 Å². The second kappa shape index (κ2) is 7.03. The molecule has 1 fully saturated rings. The van der Waals surface area contributed by atoms with Gasteiger partial charge in [-0.05, 0) is 56.2 Å². The molecule has 6 heteroatoms. The number of ether oxygens (including phenoxy) is 1. The molecule has 1 aliphatic rings. The van der Waals surface area contributed by atoms with Crippen LogP contribution < -0.4 is 15.0 Å². The van der Waals surface area contributed by atoms with Gasteiger partial charge in [-0.1, -0.05) is 0 Å². The number of aryl methyl sites for hydroxylation is 2. The van der Waals surface area contributed by atoms with E-state index in [4.69, 9.17) is 9.15 Å². The minimum absolute atomic E-state index is 0.146. The molecule has 0 atom stereocenters. The van der Waals surface area contributed by atoms with E-state index in [1.807, 2.05) is 44.2 Å². The van der Waals surface area contributed by atoms with Crippen LogP contribution in [0.4, 0.5) is 11.4 Å². The molecule has 2 amide bonds. The Kier molecular flexibility index (Phi) is 4.55. The summed E-state index contributed by atoms with van der Waals surface area (Å²) in [6.07, 6.45) is 1.47. The number of amides is 2. The van der Waals surface area contributed by atoms with Crippen LogP contribution in [-0.4, -0.2) is 25.5 Å². The molecule has 3 aromatic rings. The fraction of sp³-hybridized carbons (Fsp3) is 0.273. The third-order valence-corrected chi connectivity index (χ3v) is 5.17. The Morgan fingerprint density at radius 1 is 1.18 bits per heavy atom. The third kappa shape index (κ3) is 3.11. The number of rotatable bonds is 4. The fourth-order valence-electron chi connectivity index (χ4n) is 3.68. The van der Waals surface area contributed by atoms with Crippen molar-refractivity contribution in [1.29, 1.82) is 0 Å². The summed E-state index contributed by atoms with van der Waals surface area (Å²) in [5.41, 5.74) is 3.90. The highest BCUT2D eigenvalue weighted by molar-refractivity contribution is 6.06. The van der Waals surface area contributed by atoms with E-state index < -0.39 is 0 Å². The summed E-state index contributed by atoms with van der Waals surface area (Å²) in [6, 6.07) is 11.1. The van der Waals surface area contributed by atoms with Gasteiger partial charge >= 0.3 is 0 Å². The molecule has 2 heterocycles. The minimum Gasteiger partial charge on any atom is -0.497 e. The van der Waals surface area contributed by atoms with Gasteiger partial charge in [0.2, 0.25) is 5.91 Å². The Morgan fingerprint density at radius 3 is 2.68 bits per heavy atom.